The van der Waals surface area contributed by atoms with Crippen LogP contribution in [0.2, 0.25) is 0 Å². The molecule has 0 aliphatic rings. The third kappa shape index (κ3) is 7.79. The topological polar surface area (TPSA) is 38.3 Å². The summed E-state index contributed by atoms with van der Waals surface area (Å²) in [6.07, 6.45) is 3.44. The molecule has 6 heteroatoms. The quantitative estimate of drug-likeness (QED) is 0.412. The Labute approximate surface area is 140 Å². The van der Waals surface area contributed by atoms with Crippen molar-refractivity contribution in [3.8, 4) is 5.75 Å². The lowest BCUT2D eigenvalue weighted by molar-refractivity contribution is -0.123. The maximum absolute atomic E-state index is 11.9. The average Bonchev–Trinajstić information content (AvgIpc) is 2.43. The number of unbranched alkanes of at least 4 members (excludes halogenated alkanes) is 3. The summed E-state index contributed by atoms with van der Waals surface area (Å²) in [6, 6.07) is 8.92. The zero-order valence-corrected chi connectivity index (χ0v) is 14.2. The minimum atomic E-state index is -1.74. The lowest BCUT2D eigenvalue weighted by atomic mass is 10.1. The summed E-state index contributed by atoms with van der Waals surface area (Å²) in [5.74, 6) is 0.346. The molecule has 0 spiro atoms. The van der Waals surface area contributed by atoms with E-state index in [1.165, 1.54) is 0 Å². The third-order valence-corrected chi connectivity index (χ3v) is 3.44. The minimum Gasteiger partial charge on any atom is -0.466 e. The van der Waals surface area contributed by atoms with Gasteiger partial charge in [0.1, 0.15) is 5.75 Å². The van der Waals surface area contributed by atoms with Crippen LogP contribution < -0.4 is 10.1 Å². The highest BCUT2D eigenvalue weighted by Crippen LogP contribution is 2.32. The van der Waals surface area contributed by atoms with Crippen LogP contribution >= 0.6 is 34.8 Å². The van der Waals surface area contributed by atoms with E-state index in [1.54, 1.807) is 24.3 Å². The van der Waals surface area contributed by atoms with Crippen molar-refractivity contribution in [2.75, 3.05) is 0 Å². The molecule has 118 valence electrons. The van der Waals surface area contributed by atoms with Crippen molar-refractivity contribution >= 4 is 40.7 Å². The van der Waals surface area contributed by atoms with Crippen molar-refractivity contribution in [2.45, 2.75) is 49.0 Å². The van der Waals surface area contributed by atoms with E-state index in [0.717, 1.165) is 25.7 Å². The molecule has 0 aliphatic carbocycles. The van der Waals surface area contributed by atoms with E-state index in [1.807, 2.05) is 6.07 Å². The molecule has 0 fully saturated rings. The van der Waals surface area contributed by atoms with Gasteiger partial charge in [0.05, 0.1) is 0 Å². The van der Waals surface area contributed by atoms with E-state index in [0.29, 0.717) is 12.2 Å². The number of carbonyl (C=O) groups excluding carboxylic acids is 1. The molecular formula is C15H20Cl3NO2. The van der Waals surface area contributed by atoms with Crippen molar-refractivity contribution in [3.63, 3.8) is 0 Å². The van der Waals surface area contributed by atoms with Gasteiger partial charge in [0, 0.05) is 6.42 Å². The number of amides is 1. The molecule has 1 N–H and O–H groups in total. The van der Waals surface area contributed by atoms with Gasteiger partial charge in [-0.15, -0.1) is 0 Å². The molecule has 1 aromatic carbocycles. The maximum atomic E-state index is 11.9. The molecule has 1 rings (SSSR count). The van der Waals surface area contributed by atoms with E-state index in [-0.39, 0.29) is 5.91 Å². The summed E-state index contributed by atoms with van der Waals surface area (Å²) in [5, 5.41) is 2.63. The van der Waals surface area contributed by atoms with Gasteiger partial charge in [-0.2, -0.15) is 0 Å². The van der Waals surface area contributed by atoms with Crippen LogP contribution in [0, 0.1) is 0 Å². The van der Waals surface area contributed by atoms with E-state index in [2.05, 4.69) is 12.2 Å². The number of hydrogen-bond acceptors (Lipinski definition) is 2. The normalized spacial score (nSPS) is 12.8. The molecule has 1 aromatic rings. The first kappa shape index (κ1) is 18.4. The van der Waals surface area contributed by atoms with Crippen molar-refractivity contribution in [3.05, 3.63) is 30.3 Å². The predicted octanol–water partition coefficient (Wildman–Crippen LogP) is 4.85. The van der Waals surface area contributed by atoms with Gasteiger partial charge in [0.15, 0.2) is 0 Å². The summed E-state index contributed by atoms with van der Waals surface area (Å²) < 4.78 is 3.81. The number of para-hydroxylation sites is 1. The van der Waals surface area contributed by atoms with Crippen LogP contribution in [0.15, 0.2) is 30.3 Å². The molecule has 0 heterocycles. The third-order valence-electron chi connectivity index (χ3n) is 2.84. The van der Waals surface area contributed by atoms with Crippen LogP contribution in [-0.2, 0) is 4.79 Å². The molecule has 1 atom stereocenters. The molecule has 0 saturated heterocycles. The molecule has 0 aliphatic heterocycles. The first-order valence-electron chi connectivity index (χ1n) is 7.01. The Kier molecular flexibility index (Phi) is 8.23. The van der Waals surface area contributed by atoms with E-state index < -0.39 is 10.0 Å². The van der Waals surface area contributed by atoms with E-state index in [9.17, 15) is 4.79 Å². The van der Waals surface area contributed by atoms with Crippen LogP contribution in [0.5, 0.6) is 5.75 Å². The standard InChI is InChI=1S/C15H20Cl3NO2/c1-2-3-4-8-11-13(20)19-14(15(16,17)18)21-12-9-6-5-7-10-12/h5-7,9-10,14H,2-4,8,11H2,1H3,(H,19,20). The number of alkyl halides is 3. The second-order valence-electron chi connectivity index (χ2n) is 4.73. The van der Waals surface area contributed by atoms with E-state index in [4.69, 9.17) is 39.5 Å². The fourth-order valence-corrected chi connectivity index (χ4v) is 2.04. The summed E-state index contributed by atoms with van der Waals surface area (Å²) in [6.45, 7) is 2.12. The highest BCUT2D eigenvalue weighted by molar-refractivity contribution is 6.68. The Morgan fingerprint density at radius 2 is 1.86 bits per heavy atom. The van der Waals surface area contributed by atoms with Crippen molar-refractivity contribution < 1.29 is 9.53 Å². The number of nitrogens with one attached hydrogen (secondary N) is 1. The average molecular weight is 353 g/mol. The summed E-state index contributed by atoms with van der Waals surface area (Å²) in [7, 11) is 0. The molecule has 1 unspecified atom stereocenters. The number of hydrogen-bond donors (Lipinski definition) is 1. The lowest BCUT2D eigenvalue weighted by Crippen LogP contribution is -2.47. The number of rotatable bonds is 8. The molecule has 0 saturated carbocycles. The summed E-state index contributed by atoms with van der Waals surface area (Å²) >= 11 is 17.6. The molecular weight excluding hydrogens is 333 g/mol. The van der Waals surface area contributed by atoms with Gasteiger partial charge in [-0.3, -0.25) is 4.79 Å². The van der Waals surface area contributed by atoms with Gasteiger partial charge in [-0.1, -0.05) is 79.2 Å². The zero-order chi connectivity index (χ0) is 15.7. The van der Waals surface area contributed by atoms with Crippen molar-refractivity contribution in [1.29, 1.82) is 0 Å². The largest absolute Gasteiger partial charge is 0.466 e. The second kappa shape index (κ2) is 9.39. The van der Waals surface area contributed by atoms with Gasteiger partial charge >= 0.3 is 0 Å². The lowest BCUT2D eigenvalue weighted by Gasteiger charge is -2.26. The maximum Gasteiger partial charge on any atom is 0.246 e. The van der Waals surface area contributed by atoms with Gasteiger partial charge in [-0.05, 0) is 18.6 Å². The Morgan fingerprint density at radius 3 is 2.43 bits per heavy atom. The van der Waals surface area contributed by atoms with Gasteiger partial charge < -0.3 is 10.1 Å². The summed E-state index contributed by atoms with van der Waals surface area (Å²) in [5.41, 5.74) is 0. The minimum absolute atomic E-state index is 0.182. The first-order chi connectivity index (χ1) is 9.93. The predicted molar refractivity (Wildman–Crippen MR) is 88.0 cm³/mol. The molecule has 0 radical (unpaired) electrons. The molecule has 0 aromatic heterocycles. The molecule has 3 nitrogen and oxygen atoms in total. The Morgan fingerprint density at radius 1 is 1.19 bits per heavy atom. The fraction of sp³-hybridized carbons (Fsp3) is 0.533. The number of halogens is 3. The van der Waals surface area contributed by atoms with Crippen LogP contribution in [0.25, 0.3) is 0 Å². The summed E-state index contributed by atoms with van der Waals surface area (Å²) in [4.78, 5) is 11.9. The fourth-order valence-electron chi connectivity index (χ4n) is 1.74. The van der Waals surface area contributed by atoms with Crippen molar-refractivity contribution in [2.24, 2.45) is 0 Å². The SMILES string of the molecule is CCCCCCC(=O)NC(Oc1ccccc1)C(Cl)(Cl)Cl. The van der Waals surface area contributed by atoms with Crippen molar-refractivity contribution in [1.82, 2.24) is 5.32 Å². The first-order valence-corrected chi connectivity index (χ1v) is 8.14. The van der Waals surface area contributed by atoms with Gasteiger partial charge in [-0.25, -0.2) is 0 Å². The monoisotopic (exact) mass is 351 g/mol. The molecule has 21 heavy (non-hydrogen) atoms. The van der Waals surface area contributed by atoms with Crippen LogP contribution in [0.4, 0.5) is 0 Å². The highest BCUT2D eigenvalue weighted by atomic mass is 35.6. The number of benzene rings is 1. The smallest absolute Gasteiger partial charge is 0.246 e. The van der Waals surface area contributed by atoms with E-state index >= 15 is 0 Å². The van der Waals surface area contributed by atoms with Gasteiger partial charge in [0.2, 0.25) is 15.9 Å². The highest BCUT2D eigenvalue weighted by Gasteiger charge is 2.36. The van der Waals surface area contributed by atoms with Crippen LogP contribution in [0.1, 0.15) is 39.0 Å². The Balaban J connectivity index is 2.53. The Bertz CT molecular complexity index is 421. The molecule has 1 amide bonds. The Hall–Kier alpha value is -0.640. The second-order valence-corrected chi connectivity index (χ2v) is 7.10. The molecule has 0 bridgehead atoms. The van der Waals surface area contributed by atoms with Gasteiger partial charge in [0.25, 0.3) is 0 Å². The number of carbonyl (C=O) groups is 1. The van der Waals surface area contributed by atoms with Crippen LogP contribution in [0.3, 0.4) is 0 Å². The zero-order valence-electron chi connectivity index (χ0n) is 12.0. The van der Waals surface area contributed by atoms with Crippen LogP contribution in [-0.4, -0.2) is 15.9 Å². The number of ether oxygens (including phenoxy) is 1.